The minimum Gasteiger partial charge on any atom is -0.496 e. The van der Waals surface area contributed by atoms with Gasteiger partial charge in [-0.25, -0.2) is 9.18 Å². The molecule has 0 radical (unpaired) electrons. The third kappa shape index (κ3) is 6.20. The maximum Gasteiger partial charge on any atom is 0.407 e. The smallest absolute Gasteiger partial charge is 0.407 e. The Labute approximate surface area is 170 Å². The number of rotatable bonds is 6. The molecule has 29 heavy (non-hydrogen) atoms. The van der Waals surface area contributed by atoms with Crippen molar-refractivity contribution in [2.45, 2.75) is 45.9 Å². The minimum absolute atomic E-state index is 0.0862. The van der Waals surface area contributed by atoms with Crippen LogP contribution < -0.4 is 15.4 Å². The Balaban J connectivity index is 2.16. The molecule has 0 saturated carbocycles. The fourth-order valence-corrected chi connectivity index (χ4v) is 2.80. The topological polar surface area (TPSA) is 76.7 Å². The van der Waals surface area contributed by atoms with Gasteiger partial charge in [0.1, 0.15) is 17.2 Å². The summed E-state index contributed by atoms with van der Waals surface area (Å²) in [4.78, 5) is 24.7. The molecule has 0 unspecified atom stereocenters. The van der Waals surface area contributed by atoms with Crippen molar-refractivity contribution < 1.29 is 23.5 Å². The summed E-state index contributed by atoms with van der Waals surface area (Å²) in [6.07, 6.45) is -0.686. The largest absolute Gasteiger partial charge is 0.496 e. The van der Waals surface area contributed by atoms with Gasteiger partial charge in [-0.3, -0.25) is 4.79 Å². The highest BCUT2D eigenvalue weighted by Gasteiger charge is 2.21. The van der Waals surface area contributed by atoms with Crippen LogP contribution in [0.15, 0.2) is 42.5 Å². The monoisotopic (exact) mass is 402 g/mol. The zero-order valence-electron chi connectivity index (χ0n) is 17.3. The lowest BCUT2D eigenvalue weighted by molar-refractivity contribution is 0.0522. The lowest BCUT2D eigenvalue weighted by atomic mass is 10.0. The highest BCUT2D eigenvalue weighted by molar-refractivity contribution is 5.96. The van der Waals surface area contributed by atoms with Crippen LogP contribution in [-0.4, -0.2) is 24.7 Å². The molecule has 2 aromatic rings. The number of carbonyl (C=O) groups excluding carboxylic acids is 2. The number of benzene rings is 2. The fraction of sp³-hybridized carbons (Fsp3) is 0.364. The van der Waals surface area contributed by atoms with Crippen molar-refractivity contribution in [2.24, 2.45) is 0 Å². The predicted octanol–water partition coefficient (Wildman–Crippen LogP) is 4.35. The van der Waals surface area contributed by atoms with Gasteiger partial charge in [0, 0.05) is 23.2 Å². The Kier molecular flexibility index (Phi) is 7.20. The quantitative estimate of drug-likeness (QED) is 0.753. The molecule has 6 nitrogen and oxygen atoms in total. The first-order valence-corrected chi connectivity index (χ1v) is 9.30. The number of para-hydroxylation sites is 1. The van der Waals surface area contributed by atoms with E-state index in [1.54, 1.807) is 33.9 Å². The number of halogens is 1. The highest BCUT2D eigenvalue weighted by Crippen LogP contribution is 2.25. The maximum absolute atomic E-state index is 14.4. The molecule has 156 valence electrons. The van der Waals surface area contributed by atoms with Crippen molar-refractivity contribution in [1.82, 2.24) is 10.6 Å². The standard InChI is InChI=1S/C22H27FN2O4/c1-14(15-9-6-7-12-19(15)28-5)25-20(26)16-10-8-11-18(23)17(16)13-24-21(27)29-22(2,3)4/h6-12,14H,13H2,1-5H3,(H,24,27)(H,25,26)/t14-/m1/s1. The summed E-state index contributed by atoms with van der Waals surface area (Å²) in [6.45, 7) is 6.83. The summed E-state index contributed by atoms with van der Waals surface area (Å²) < 4.78 is 24.9. The fourth-order valence-electron chi connectivity index (χ4n) is 2.80. The molecule has 1 atom stereocenters. The van der Waals surface area contributed by atoms with Crippen LogP contribution in [0.1, 0.15) is 55.2 Å². The molecule has 0 fully saturated rings. The van der Waals surface area contributed by atoms with E-state index in [1.165, 1.54) is 18.2 Å². The van der Waals surface area contributed by atoms with Crippen LogP contribution in [-0.2, 0) is 11.3 Å². The Morgan fingerprint density at radius 2 is 1.79 bits per heavy atom. The normalized spacial score (nSPS) is 12.1. The number of nitrogens with one attached hydrogen (secondary N) is 2. The van der Waals surface area contributed by atoms with Gasteiger partial charge in [0.2, 0.25) is 0 Å². The number of carbonyl (C=O) groups is 2. The van der Waals surface area contributed by atoms with E-state index in [-0.39, 0.29) is 23.7 Å². The van der Waals surface area contributed by atoms with Crippen molar-refractivity contribution in [2.75, 3.05) is 7.11 Å². The van der Waals surface area contributed by atoms with Gasteiger partial charge in [0.15, 0.2) is 0 Å². The van der Waals surface area contributed by atoms with E-state index in [2.05, 4.69) is 10.6 Å². The van der Waals surface area contributed by atoms with Crippen LogP contribution >= 0.6 is 0 Å². The molecule has 0 aromatic heterocycles. The number of alkyl carbamates (subject to hydrolysis) is 1. The van der Waals surface area contributed by atoms with Gasteiger partial charge in [-0.15, -0.1) is 0 Å². The average molecular weight is 402 g/mol. The van der Waals surface area contributed by atoms with E-state index in [0.29, 0.717) is 5.75 Å². The Morgan fingerprint density at radius 3 is 2.45 bits per heavy atom. The lowest BCUT2D eigenvalue weighted by Crippen LogP contribution is -2.33. The minimum atomic E-state index is -0.686. The van der Waals surface area contributed by atoms with Crippen LogP contribution in [0.2, 0.25) is 0 Å². The van der Waals surface area contributed by atoms with Gasteiger partial charge in [0.05, 0.1) is 13.2 Å². The van der Waals surface area contributed by atoms with Gasteiger partial charge in [-0.1, -0.05) is 24.3 Å². The second-order valence-electron chi connectivity index (χ2n) is 7.56. The summed E-state index contributed by atoms with van der Waals surface area (Å²) in [6, 6.07) is 11.2. The summed E-state index contributed by atoms with van der Waals surface area (Å²) in [5.74, 6) is -0.395. The van der Waals surface area contributed by atoms with Gasteiger partial charge in [-0.2, -0.15) is 0 Å². The Bertz CT molecular complexity index is 877. The Hall–Kier alpha value is -3.09. The van der Waals surface area contributed by atoms with Crippen molar-refractivity contribution in [3.63, 3.8) is 0 Å². The van der Waals surface area contributed by atoms with E-state index in [4.69, 9.17) is 9.47 Å². The molecule has 0 bridgehead atoms. The number of hydrogen-bond acceptors (Lipinski definition) is 4. The molecule has 2 aromatic carbocycles. The first kappa shape index (κ1) is 22.2. The van der Waals surface area contributed by atoms with Crippen molar-refractivity contribution in [3.05, 3.63) is 65.0 Å². The summed E-state index contributed by atoms with van der Waals surface area (Å²) in [5, 5.41) is 5.34. The molecule has 2 amide bonds. The maximum atomic E-state index is 14.4. The molecule has 0 aliphatic carbocycles. The molecule has 2 rings (SSSR count). The molecule has 0 aliphatic rings. The van der Waals surface area contributed by atoms with E-state index in [9.17, 15) is 14.0 Å². The highest BCUT2D eigenvalue weighted by atomic mass is 19.1. The second-order valence-corrected chi connectivity index (χ2v) is 7.56. The lowest BCUT2D eigenvalue weighted by Gasteiger charge is -2.21. The van der Waals surface area contributed by atoms with E-state index in [0.717, 1.165) is 5.56 Å². The van der Waals surface area contributed by atoms with Crippen molar-refractivity contribution >= 4 is 12.0 Å². The van der Waals surface area contributed by atoms with Gasteiger partial charge in [0.25, 0.3) is 5.91 Å². The Morgan fingerprint density at radius 1 is 1.10 bits per heavy atom. The molecule has 2 N–H and O–H groups in total. The predicted molar refractivity (Wildman–Crippen MR) is 108 cm³/mol. The third-order valence-corrected chi connectivity index (χ3v) is 4.12. The van der Waals surface area contributed by atoms with Crippen LogP contribution in [0.3, 0.4) is 0 Å². The van der Waals surface area contributed by atoms with E-state index >= 15 is 0 Å². The van der Waals surface area contributed by atoms with Crippen molar-refractivity contribution in [3.8, 4) is 5.75 Å². The summed E-state index contributed by atoms with van der Waals surface area (Å²) in [7, 11) is 1.56. The van der Waals surface area contributed by atoms with Gasteiger partial charge >= 0.3 is 6.09 Å². The van der Waals surface area contributed by atoms with Crippen LogP contribution in [0.4, 0.5) is 9.18 Å². The molecule has 0 heterocycles. The average Bonchev–Trinajstić information content (AvgIpc) is 2.65. The third-order valence-electron chi connectivity index (χ3n) is 4.12. The zero-order chi connectivity index (χ0) is 21.6. The molecule has 0 aliphatic heterocycles. The molecular weight excluding hydrogens is 375 g/mol. The van der Waals surface area contributed by atoms with Crippen molar-refractivity contribution in [1.29, 1.82) is 0 Å². The number of ether oxygens (including phenoxy) is 2. The van der Waals surface area contributed by atoms with Crippen LogP contribution in [0.5, 0.6) is 5.75 Å². The molecular formula is C22H27FN2O4. The SMILES string of the molecule is COc1ccccc1[C@@H](C)NC(=O)c1cccc(F)c1CNC(=O)OC(C)(C)C. The molecule has 7 heteroatoms. The summed E-state index contributed by atoms with van der Waals surface area (Å²) >= 11 is 0. The van der Waals surface area contributed by atoms with Gasteiger partial charge < -0.3 is 20.1 Å². The van der Waals surface area contributed by atoms with E-state index in [1.807, 2.05) is 25.1 Å². The first-order valence-electron chi connectivity index (χ1n) is 9.30. The van der Waals surface area contributed by atoms with Crippen LogP contribution in [0, 0.1) is 5.82 Å². The first-order chi connectivity index (χ1) is 13.6. The molecule has 0 saturated heterocycles. The van der Waals surface area contributed by atoms with Crippen LogP contribution in [0.25, 0.3) is 0 Å². The number of methoxy groups -OCH3 is 1. The van der Waals surface area contributed by atoms with Gasteiger partial charge in [-0.05, 0) is 45.9 Å². The number of hydrogen-bond donors (Lipinski definition) is 2. The second kappa shape index (κ2) is 9.41. The summed E-state index contributed by atoms with van der Waals surface area (Å²) in [5.41, 5.74) is 0.350. The molecule has 0 spiro atoms. The zero-order valence-corrected chi connectivity index (χ0v) is 17.3. The number of amides is 2. The van der Waals surface area contributed by atoms with E-state index < -0.39 is 23.4 Å².